The lowest BCUT2D eigenvalue weighted by molar-refractivity contribution is -0.141. The van der Waals surface area contributed by atoms with Crippen LogP contribution in [0.3, 0.4) is 0 Å². The fourth-order valence-electron chi connectivity index (χ4n) is 1.70. The summed E-state index contributed by atoms with van der Waals surface area (Å²) in [6.07, 6.45) is 0.229. The first-order valence-corrected chi connectivity index (χ1v) is 8.41. The van der Waals surface area contributed by atoms with Gasteiger partial charge < -0.3 is 14.8 Å². The normalized spacial score (nSPS) is 10.8. The molecule has 1 aromatic rings. The lowest BCUT2D eigenvalue weighted by atomic mass is 10.2. The lowest BCUT2D eigenvalue weighted by Crippen LogP contribution is -2.19. The second-order valence-corrected chi connectivity index (χ2v) is 6.80. The van der Waals surface area contributed by atoms with Crippen LogP contribution < -0.4 is 10.1 Å². The van der Waals surface area contributed by atoms with E-state index in [9.17, 15) is 4.79 Å². The molecule has 118 valence electrons. The summed E-state index contributed by atoms with van der Waals surface area (Å²) in [5, 5.41) is 3.40. The summed E-state index contributed by atoms with van der Waals surface area (Å²) in [7, 11) is 1.37. The molecular formula is C15H21Br2NO3. The van der Waals surface area contributed by atoms with Crippen molar-refractivity contribution in [3.05, 3.63) is 26.6 Å². The quantitative estimate of drug-likeness (QED) is 0.645. The van der Waals surface area contributed by atoms with Crippen molar-refractivity contribution in [2.24, 2.45) is 5.92 Å². The van der Waals surface area contributed by atoms with E-state index < -0.39 is 0 Å². The fourth-order valence-corrected chi connectivity index (χ4v) is 3.21. The van der Waals surface area contributed by atoms with E-state index in [1.54, 1.807) is 0 Å². The number of hydrogen-bond acceptors (Lipinski definition) is 4. The van der Waals surface area contributed by atoms with Gasteiger partial charge in [0.15, 0.2) is 0 Å². The van der Waals surface area contributed by atoms with Crippen LogP contribution in [0.15, 0.2) is 21.1 Å². The van der Waals surface area contributed by atoms with Crippen LogP contribution in [0.25, 0.3) is 0 Å². The Bertz CT molecular complexity index is 455. The molecule has 1 N–H and O–H groups in total. The van der Waals surface area contributed by atoms with E-state index in [1.807, 2.05) is 12.1 Å². The minimum absolute atomic E-state index is 0.229. The van der Waals surface area contributed by atoms with Crippen LogP contribution in [-0.2, 0) is 16.1 Å². The van der Waals surface area contributed by atoms with Gasteiger partial charge in [0, 0.05) is 6.54 Å². The van der Waals surface area contributed by atoms with Crippen LogP contribution in [0, 0.1) is 5.92 Å². The highest BCUT2D eigenvalue weighted by Gasteiger charge is 2.10. The molecule has 0 unspecified atom stereocenters. The lowest BCUT2D eigenvalue weighted by Gasteiger charge is -2.13. The van der Waals surface area contributed by atoms with E-state index in [0.29, 0.717) is 11.7 Å². The first-order valence-electron chi connectivity index (χ1n) is 6.82. The number of carbonyl (C=O) groups excluding carboxylic acids is 1. The molecule has 0 amide bonds. The van der Waals surface area contributed by atoms with Crippen LogP contribution in [0.5, 0.6) is 5.75 Å². The second kappa shape index (κ2) is 9.43. The van der Waals surface area contributed by atoms with Crippen molar-refractivity contribution < 1.29 is 14.3 Å². The van der Waals surface area contributed by atoms with E-state index in [4.69, 9.17) is 4.74 Å². The topological polar surface area (TPSA) is 47.6 Å². The Balaban J connectivity index is 2.60. The van der Waals surface area contributed by atoms with Gasteiger partial charge >= 0.3 is 5.97 Å². The van der Waals surface area contributed by atoms with E-state index in [2.05, 4.69) is 55.8 Å². The van der Waals surface area contributed by atoms with Gasteiger partial charge in [-0.15, -0.1) is 0 Å². The second-order valence-electron chi connectivity index (χ2n) is 5.09. The van der Waals surface area contributed by atoms with E-state index in [0.717, 1.165) is 27.6 Å². The number of benzene rings is 1. The predicted molar refractivity (Wildman–Crippen MR) is 90.5 cm³/mol. The number of nitrogens with one attached hydrogen (secondary N) is 1. The van der Waals surface area contributed by atoms with Gasteiger partial charge in [-0.05, 0) is 62.0 Å². The maximum atomic E-state index is 11.1. The average Bonchev–Trinajstić information content (AvgIpc) is 2.41. The monoisotopic (exact) mass is 421 g/mol. The van der Waals surface area contributed by atoms with Crippen LogP contribution >= 0.6 is 31.9 Å². The first kappa shape index (κ1) is 18.5. The molecule has 0 aliphatic heterocycles. The molecule has 21 heavy (non-hydrogen) atoms. The number of methoxy groups -OCH3 is 1. The number of hydrogen-bond donors (Lipinski definition) is 1. The number of rotatable bonds is 8. The van der Waals surface area contributed by atoms with Gasteiger partial charge in [0.1, 0.15) is 5.75 Å². The summed E-state index contributed by atoms with van der Waals surface area (Å²) in [6.45, 7) is 6.42. The van der Waals surface area contributed by atoms with Gasteiger partial charge in [0.25, 0.3) is 0 Å². The Morgan fingerprint density at radius 2 is 1.90 bits per heavy atom. The zero-order chi connectivity index (χ0) is 15.8. The minimum atomic E-state index is -0.281. The molecule has 0 aliphatic rings. The third-order valence-corrected chi connectivity index (χ3v) is 3.90. The third kappa shape index (κ3) is 6.80. The van der Waals surface area contributed by atoms with Gasteiger partial charge in [-0.2, -0.15) is 0 Å². The van der Waals surface area contributed by atoms with Gasteiger partial charge in [-0.25, -0.2) is 0 Å². The Hall–Kier alpha value is -0.590. The predicted octanol–water partition coefficient (Wildman–Crippen LogP) is 3.90. The minimum Gasteiger partial charge on any atom is -0.491 e. The molecule has 0 bridgehead atoms. The largest absolute Gasteiger partial charge is 0.491 e. The van der Waals surface area contributed by atoms with E-state index in [1.165, 1.54) is 7.11 Å². The van der Waals surface area contributed by atoms with Gasteiger partial charge in [-0.1, -0.05) is 13.8 Å². The van der Waals surface area contributed by atoms with Crippen LogP contribution in [0.2, 0.25) is 0 Å². The Morgan fingerprint density at radius 3 is 2.43 bits per heavy atom. The SMILES string of the molecule is COC(=O)CCOc1c(Br)cc(CNCC(C)C)cc1Br. The molecule has 0 spiro atoms. The zero-order valence-electron chi connectivity index (χ0n) is 12.5. The smallest absolute Gasteiger partial charge is 0.308 e. The summed E-state index contributed by atoms with van der Waals surface area (Å²) < 4.78 is 11.9. The van der Waals surface area contributed by atoms with Crippen molar-refractivity contribution in [3.8, 4) is 5.75 Å². The summed E-state index contributed by atoms with van der Waals surface area (Å²) in [4.78, 5) is 11.1. The molecule has 1 rings (SSSR count). The maximum Gasteiger partial charge on any atom is 0.308 e. The van der Waals surface area contributed by atoms with Crippen molar-refractivity contribution in [3.63, 3.8) is 0 Å². The number of halogens is 2. The molecule has 0 heterocycles. The highest BCUT2D eigenvalue weighted by molar-refractivity contribution is 9.11. The van der Waals surface area contributed by atoms with Crippen LogP contribution in [0.4, 0.5) is 0 Å². The first-order chi connectivity index (χ1) is 9.93. The molecule has 0 fully saturated rings. The van der Waals surface area contributed by atoms with Crippen molar-refractivity contribution in [1.82, 2.24) is 5.32 Å². The number of carbonyl (C=O) groups is 1. The van der Waals surface area contributed by atoms with E-state index >= 15 is 0 Å². The molecule has 1 aromatic carbocycles. The Labute approximate surface area is 142 Å². The highest BCUT2D eigenvalue weighted by Crippen LogP contribution is 2.34. The number of ether oxygens (including phenoxy) is 2. The molecule has 0 aromatic heterocycles. The van der Waals surface area contributed by atoms with Gasteiger partial charge in [-0.3, -0.25) is 4.79 Å². The molecule has 0 atom stereocenters. The standard InChI is InChI=1S/C15H21Br2NO3/c1-10(2)8-18-9-11-6-12(16)15(13(17)7-11)21-5-4-14(19)20-3/h6-7,10,18H,4-5,8-9H2,1-3H3. The third-order valence-electron chi connectivity index (χ3n) is 2.72. The summed E-state index contributed by atoms with van der Waals surface area (Å²) in [5.74, 6) is 1.04. The average molecular weight is 423 g/mol. The van der Waals surface area contributed by atoms with Crippen molar-refractivity contribution in [2.45, 2.75) is 26.8 Å². The molecule has 6 heteroatoms. The molecule has 0 saturated heterocycles. The Kier molecular flexibility index (Phi) is 8.29. The molecule has 0 saturated carbocycles. The zero-order valence-corrected chi connectivity index (χ0v) is 15.7. The molecule has 4 nitrogen and oxygen atoms in total. The van der Waals surface area contributed by atoms with Crippen molar-refractivity contribution >= 4 is 37.8 Å². The Morgan fingerprint density at radius 1 is 1.29 bits per heavy atom. The van der Waals surface area contributed by atoms with Gasteiger partial charge in [0.2, 0.25) is 0 Å². The highest BCUT2D eigenvalue weighted by atomic mass is 79.9. The maximum absolute atomic E-state index is 11.1. The summed E-state index contributed by atoms with van der Waals surface area (Å²) in [5.41, 5.74) is 1.16. The van der Waals surface area contributed by atoms with E-state index in [-0.39, 0.29) is 19.0 Å². The fraction of sp³-hybridized carbons (Fsp3) is 0.533. The van der Waals surface area contributed by atoms with Crippen LogP contribution in [0.1, 0.15) is 25.8 Å². The molecule has 0 aliphatic carbocycles. The van der Waals surface area contributed by atoms with Crippen molar-refractivity contribution in [1.29, 1.82) is 0 Å². The number of esters is 1. The van der Waals surface area contributed by atoms with Gasteiger partial charge in [0.05, 0.1) is 29.1 Å². The summed E-state index contributed by atoms with van der Waals surface area (Å²) in [6, 6.07) is 4.04. The van der Waals surface area contributed by atoms with Crippen LogP contribution in [-0.4, -0.2) is 26.2 Å². The molecule has 0 radical (unpaired) electrons. The van der Waals surface area contributed by atoms with Crippen molar-refractivity contribution in [2.75, 3.05) is 20.3 Å². The molecular weight excluding hydrogens is 402 g/mol. The summed E-state index contributed by atoms with van der Waals surface area (Å²) >= 11 is 7.01.